The number of aliphatic hydroxyl groups is 6. The highest BCUT2D eigenvalue weighted by Crippen LogP contribution is 2.02. The van der Waals surface area contributed by atoms with Gasteiger partial charge in [-0.3, -0.25) is 4.79 Å². The van der Waals surface area contributed by atoms with E-state index in [1.54, 1.807) is 0 Å². The molecule has 0 aliphatic carbocycles. The van der Waals surface area contributed by atoms with Gasteiger partial charge in [0.1, 0.15) is 37.1 Å². The van der Waals surface area contributed by atoms with E-state index in [0.717, 1.165) is 0 Å². The van der Waals surface area contributed by atoms with Gasteiger partial charge in [-0.05, 0) is 6.92 Å². The highest BCUT2D eigenvalue weighted by atomic mass is 16.4. The van der Waals surface area contributed by atoms with Crippen molar-refractivity contribution in [3.63, 3.8) is 0 Å². The van der Waals surface area contributed by atoms with Gasteiger partial charge in [0, 0.05) is 0 Å². The van der Waals surface area contributed by atoms with Crippen LogP contribution in [0, 0.1) is 0 Å². The first-order valence-electron chi connectivity index (χ1n) is 6.05. The first kappa shape index (κ1) is 26.2. The molecule has 0 bridgehead atoms. The Balaban J connectivity index is -0.000000303. The van der Waals surface area contributed by atoms with Crippen molar-refractivity contribution in [2.45, 2.75) is 37.4 Å². The molecule has 0 spiro atoms. The average Bonchev–Trinajstić information content (AvgIpc) is 2.52. The van der Waals surface area contributed by atoms with Gasteiger partial charge in [-0.15, -0.1) is 0 Å². The van der Waals surface area contributed by atoms with Crippen LogP contribution in [0.15, 0.2) is 0 Å². The largest absolute Gasteiger partial charge is 0.480 e. The monoisotopic (exact) mass is 345 g/mol. The van der Waals surface area contributed by atoms with Crippen LogP contribution < -0.4 is 5.73 Å². The van der Waals surface area contributed by atoms with Crippen LogP contribution >= 0.6 is 0 Å². The maximum atomic E-state index is 9.90. The Hall–Kier alpha value is -1.67. The van der Waals surface area contributed by atoms with E-state index in [9.17, 15) is 9.59 Å². The number of carbonyl (C=O) groups excluding carboxylic acids is 1. The summed E-state index contributed by atoms with van der Waals surface area (Å²) in [6, 6.07) is -0.731. The lowest BCUT2D eigenvalue weighted by Crippen LogP contribution is -2.46. The number of rotatable bonds is 7. The number of hydrogen-bond acceptors (Lipinski definition) is 10. The molecule has 0 unspecified atom stereocenters. The van der Waals surface area contributed by atoms with Crippen LogP contribution in [0.4, 0.5) is 0 Å². The van der Waals surface area contributed by atoms with Gasteiger partial charge in [-0.25, -0.2) is 4.79 Å². The molecule has 23 heavy (non-hydrogen) atoms. The smallest absolute Gasteiger partial charge is 0.329 e. The van der Waals surface area contributed by atoms with E-state index in [2.05, 4.69) is 0 Å². The van der Waals surface area contributed by atoms with Gasteiger partial charge in [0.2, 0.25) is 0 Å². The van der Waals surface area contributed by atoms with E-state index in [1.807, 2.05) is 0 Å². The lowest BCUT2D eigenvalue weighted by molar-refractivity contribution is -0.140. The zero-order valence-electron chi connectivity index (χ0n) is 12.3. The summed E-state index contributed by atoms with van der Waals surface area (Å²) in [7, 11) is 0. The second kappa shape index (κ2) is 15.2. The molecule has 0 aromatic rings. The highest BCUT2D eigenvalue weighted by Gasteiger charge is 2.29. The average molecular weight is 345 g/mol. The fourth-order valence-corrected chi connectivity index (χ4v) is 0.618. The predicted molar refractivity (Wildman–Crippen MR) is 73.2 cm³/mol. The van der Waals surface area contributed by atoms with Crippen molar-refractivity contribution in [1.82, 2.24) is 0 Å². The van der Waals surface area contributed by atoms with Gasteiger partial charge in [-0.2, -0.15) is 0 Å². The first-order valence-corrected chi connectivity index (χ1v) is 6.05. The van der Waals surface area contributed by atoms with Crippen molar-refractivity contribution >= 4 is 18.2 Å². The van der Waals surface area contributed by atoms with Crippen LogP contribution in [0.1, 0.15) is 6.92 Å². The van der Waals surface area contributed by atoms with Crippen LogP contribution in [-0.4, -0.2) is 103 Å². The number of nitrogens with two attached hydrogens (primary N) is 1. The van der Waals surface area contributed by atoms with Crippen LogP contribution in [0.5, 0.6) is 0 Å². The number of carboxylic acid groups (broad SMARTS) is 2. The van der Waals surface area contributed by atoms with Gasteiger partial charge >= 0.3 is 11.9 Å². The summed E-state index contributed by atoms with van der Waals surface area (Å²) in [4.78, 5) is 28.6. The summed E-state index contributed by atoms with van der Waals surface area (Å²) in [5.41, 5.74) is 4.84. The molecule has 0 aromatic carbocycles. The molecule has 0 amide bonds. The number of aliphatic carboxylic acids is 2. The molecule has 10 N–H and O–H groups in total. The summed E-state index contributed by atoms with van der Waals surface area (Å²) < 4.78 is 0. The maximum absolute atomic E-state index is 9.90. The topological polar surface area (TPSA) is 239 Å². The molecule has 12 heteroatoms. The Kier molecular flexibility index (Phi) is 17.4. The van der Waals surface area contributed by atoms with Crippen LogP contribution in [0.25, 0.3) is 0 Å². The second-order valence-electron chi connectivity index (χ2n) is 4.04. The molecule has 0 saturated carbocycles. The Morgan fingerprint density at radius 3 is 1.57 bits per heavy atom. The van der Waals surface area contributed by atoms with Gasteiger partial charge in [-0.1, -0.05) is 0 Å². The summed E-state index contributed by atoms with van der Waals surface area (Å²) in [5.74, 6) is -2.15. The van der Waals surface area contributed by atoms with E-state index >= 15 is 0 Å². The molecule has 5 atom stereocenters. The van der Waals surface area contributed by atoms with Crippen molar-refractivity contribution in [2.75, 3.05) is 13.2 Å². The summed E-state index contributed by atoms with van der Waals surface area (Å²) >= 11 is 0. The van der Waals surface area contributed by atoms with Crippen LogP contribution in [0.3, 0.4) is 0 Å². The fourth-order valence-electron chi connectivity index (χ4n) is 0.618. The quantitative estimate of drug-likeness (QED) is 0.197. The molecule has 0 aromatic heterocycles. The van der Waals surface area contributed by atoms with Crippen molar-refractivity contribution in [2.24, 2.45) is 5.73 Å². The fraction of sp³-hybridized carbons (Fsp3) is 0.727. The molecule has 0 saturated heterocycles. The third-order valence-corrected chi connectivity index (χ3v) is 1.95. The molecule has 0 rings (SSSR count). The lowest BCUT2D eigenvalue weighted by Gasteiger charge is -2.22. The van der Waals surface area contributed by atoms with E-state index in [4.69, 9.17) is 51.4 Å². The standard InChI is InChI=1S/C6H12O6.C3H7NO2.C2H4O3/c7-1-3(9)5(11)6(12)4(10)2-8;1-2(4)3(5)6;3-1-2(4)5/h1,3-6,8-12H,2H2;2H,4H2,1H3,(H,5,6);3H,1H2,(H,4,5)/t3-,4+,5+,6+;2-;/m00./s1. The molecule has 0 radical (unpaired) electrons. The van der Waals surface area contributed by atoms with E-state index in [-0.39, 0.29) is 6.29 Å². The summed E-state index contributed by atoms with van der Waals surface area (Å²) in [6.45, 7) is -0.119. The van der Waals surface area contributed by atoms with Gasteiger partial charge in [0.25, 0.3) is 0 Å². The molecule has 12 nitrogen and oxygen atoms in total. The molecule has 0 fully saturated rings. The number of aliphatic hydroxyl groups excluding tert-OH is 6. The minimum Gasteiger partial charge on any atom is -0.480 e. The molecule has 0 aliphatic heterocycles. The molecule has 0 heterocycles. The minimum absolute atomic E-state index is 0.0258. The minimum atomic E-state index is -1.79. The molecule has 138 valence electrons. The van der Waals surface area contributed by atoms with Gasteiger partial charge in [0.05, 0.1) is 6.61 Å². The SMILES string of the molecule is C[C@H](N)C(=O)O.O=C(O)CO.O=C[C@H](O)[C@@H](O)[C@H](O)[C@H](O)CO. The van der Waals surface area contributed by atoms with E-state index < -0.39 is 55.6 Å². The van der Waals surface area contributed by atoms with Crippen molar-refractivity contribution in [1.29, 1.82) is 0 Å². The Morgan fingerprint density at radius 2 is 1.39 bits per heavy atom. The predicted octanol–water partition coefficient (Wildman–Crippen LogP) is -4.90. The third-order valence-electron chi connectivity index (χ3n) is 1.95. The number of hydrogen-bond donors (Lipinski definition) is 9. The van der Waals surface area contributed by atoms with E-state index in [0.29, 0.717) is 0 Å². The van der Waals surface area contributed by atoms with Crippen LogP contribution in [0.2, 0.25) is 0 Å². The van der Waals surface area contributed by atoms with E-state index in [1.165, 1.54) is 6.92 Å². The van der Waals surface area contributed by atoms with Crippen LogP contribution in [-0.2, 0) is 14.4 Å². The van der Waals surface area contributed by atoms with Crippen molar-refractivity contribution in [3.05, 3.63) is 0 Å². The summed E-state index contributed by atoms with van der Waals surface area (Å²) in [6.07, 6.45) is -6.84. The number of aldehydes is 1. The van der Waals surface area contributed by atoms with Gasteiger partial charge in [0.15, 0.2) is 6.29 Å². The second-order valence-corrected chi connectivity index (χ2v) is 4.04. The Bertz CT molecular complexity index is 336. The van der Waals surface area contributed by atoms with Crippen molar-refractivity contribution < 1.29 is 55.2 Å². The lowest BCUT2D eigenvalue weighted by atomic mass is 10.0. The van der Waals surface area contributed by atoms with Gasteiger partial charge < -0.3 is 51.4 Å². The normalized spacial score (nSPS) is 16.2. The number of carboxylic acids is 2. The Morgan fingerprint density at radius 1 is 1.04 bits per heavy atom. The molecular weight excluding hydrogens is 322 g/mol. The summed E-state index contributed by atoms with van der Waals surface area (Å²) in [5, 5.41) is 66.4. The molecule has 0 aliphatic rings. The highest BCUT2D eigenvalue weighted by molar-refractivity contribution is 5.72. The molecular formula is C11H23NO11. The Labute approximate surface area is 131 Å². The zero-order chi connectivity index (χ0) is 19.2. The third kappa shape index (κ3) is 16.5. The first-order chi connectivity index (χ1) is 10.5. The number of carbonyl (C=O) groups is 3. The van der Waals surface area contributed by atoms with Crippen molar-refractivity contribution in [3.8, 4) is 0 Å². The zero-order valence-corrected chi connectivity index (χ0v) is 12.3. The maximum Gasteiger partial charge on any atom is 0.329 e.